The summed E-state index contributed by atoms with van der Waals surface area (Å²) in [5, 5.41) is 5.09. The van der Waals surface area contributed by atoms with Crippen molar-refractivity contribution in [3.05, 3.63) is 59.2 Å². The molecule has 0 radical (unpaired) electrons. The zero-order valence-electron chi connectivity index (χ0n) is 16.2. The molecule has 2 N–H and O–H groups in total. The number of nitrogens with zero attached hydrogens (tertiary/aromatic N) is 1. The highest BCUT2D eigenvalue weighted by atomic mass is 32.2. The molecule has 1 aliphatic rings. The Hall–Kier alpha value is -2.38. The van der Waals surface area contributed by atoms with Crippen LogP contribution in [0.2, 0.25) is 0 Å². The lowest BCUT2D eigenvalue weighted by Gasteiger charge is -2.32. The number of hydrogen-bond donors (Lipinski definition) is 1. The second-order valence-electron chi connectivity index (χ2n) is 7.31. The maximum atomic E-state index is 12.5. The van der Waals surface area contributed by atoms with Crippen LogP contribution in [0.25, 0.3) is 0 Å². The quantitative estimate of drug-likeness (QED) is 0.832. The summed E-state index contributed by atoms with van der Waals surface area (Å²) in [4.78, 5) is 14.4. The first kappa shape index (κ1) is 20.4. The lowest BCUT2D eigenvalue weighted by Crippen LogP contribution is -2.42. The molecule has 0 aromatic heterocycles. The molecule has 1 saturated heterocycles. The van der Waals surface area contributed by atoms with Gasteiger partial charge >= 0.3 is 0 Å². The Balaban J connectivity index is 1.51. The van der Waals surface area contributed by atoms with Crippen LogP contribution in [0.1, 0.15) is 29.5 Å². The molecule has 2 aromatic rings. The number of piperidine rings is 1. The van der Waals surface area contributed by atoms with E-state index < -0.39 is 10.0 Å². The third-order valence-corrected chi connectivity index (χ3v) is 6.11. The van der Waals surface area contributed by atoms with Crippen LogP contribution in [0.15, 0.2) is 47.4 Å². The first-order valence-electron chi connectivity index (χ1n) is 9.36. The van der Waals surface area contributed by atoms with Gasteiger partial charge in [0.2, 0.25) is 15.9 Å². The van der Waals surface area contributed by atoms with E-state index in [0.717, 1.165) is 24.2 Å². The van der Waals surface area contributed by atoms with Gasteiger partial charge in [-0.3, -0.25) is 4.79 Å². The largest absolute Gasteiger partial charge is 0.490 e. The van der Waals surface area contributed by atoms with E-state index >= 15 is 0 Å². The third kappa shape index (κ3) is 5.11. The van der Waals surface area contributed by atoms with Crippen LogP contribution in [-0.4, -0.2) is 38.4 Å². The van der Waals surface area contributed by atoms with Crippen LogP contribution in [0.5, 0.6) is 5.75 Å². The molecule has 0 aliphatic carbocycles. The van der Waals surface area contributed by atoms with Gasteiger partial charge in [-0.1, -0.05) is 18.2 Å². The van der Waals surface area contributed by atoms with Gasteiger partial charge in [0.25, 0.3) is 0 Å². The predicted octanol–water partition coefficient (Wildman–Crippen LogP) is 2.56. The number of carbonyl (C=O) groups excluding carboxylic acids is 1. The third-order valence-electron chi connectivity index (χ3n) is 5.18. The SMILES string of the molecule is Cc1ccc(OC2CCN(C(=O)Cc3ccc(S(N)(=O)=O)cc3)CC2)cc1C. The average Bonchev–Trinajstić information content (AvgIpc) is 2.65. The summed E-state index contributed by atoms with van der Waals surface area (Å²) in [7, 11) is -3.71. The normalized spacial score (nSPS) is 15.5. The van der Waals surface area contributed by atoms with E-state index in [1.165, 1.54) is 23.3 Å². The van der Waals surface area contributed by atoms with Crippen LogP contribution >= 0.6 is 0 Å². The number of primary sulfonamides is 1. The Morgan fingerprint density at radius 1 is 1.07 bits per heavy atom. The van der Waals surface area contributed by atoms with Crippen LogP contribution in [0.3, 0.4) is 0 Å². The average molecular weight is 403 g/mol. The number of amides is 1. The van der Waals surface area contributed by atoms with E-state index in [1.807, 2.05) is 11.0 Å². The van der Waals surface area contributed by atoms with Crippen molar-refractivity contribution in [2.45, 2.75) is 44.1 Å². The topological polar surface area (TPSA) is 89.7 Å². The highest BCUT2D eigenvalue weighted by molar-refractivity contribution is 7.89. The molecule has 1 aliphatic heterocycles. The van der Waals surface area contributed by atoms with Crippen molar-refractivity contribution in [2.24, 2.45) is 5.14 Å². The summed E-state index contributed by atoms with van der Waals surface area (Å²) in [6, 6.07) is 12.2. The van der Waals surface area contributed by atoms with Gasteiger partial charge in [-0.25, -0.2) is 13.6 Å². The molecule has 0 atom stereocenters. The molecule has 2 aromatic carbocycles. The van der Waals surface area contributed by atoms with Crippen LogP contribution in [0, 0.1) is 13.8 Å². The van der Waals surface area contributed by atoms with Crippen molar-refractivity contribution in [3.8, 4) is 5.75 Å². The summed E-state index contributed by atoms with van der Waals surface area (Å²) in [5.41, 5.74) is 3.22. The lowest BCUT2D eigenvalue weighted by molar-refractivity contribution is -0.132. The highest BCUT2D eigenvalue weighted by Gasteiger charge is 2.24. The molecular weight excluding hydrogens is 376 g/mol. The molecule has 0 saturated carbocycles. The predicted molar refractivity (Wildman–Crippen MR) is 108 cm³/mol. The second kappa shape index (κ2) is 8.32. The molecule has 3 rings (SSSR count). The van der Waals surface area contributed by atoms with Crippen molar-refractivity contribution in [3.63, 3.8) is 0 Å². The number of nitrogens with two attached hydrogens (primary N) is 1. The van der Waals surface area contributed by atoms with E-state index in [1.54, 1.807) is 12.1 Å². The van der Waals surface area contributed by atoms with Gasteiger partial charge in [0.1, 0.15) is 11.9 Å². The molecule has 7 heteroatoms. The zero-order chi connectivity index (χ0) is 20.3. The zero-order valence-corrected chi connectivity index (χ0v) is 17.0. The van der Waals surface area contributed by atoms with Crippen molar-refractivity contribution < 1.29 is 17.9 Å². The molecule has 28 heavy (non-hydrogen) atoms. The fraction of sp³-hybridized carbons (Fsp3) is 0.381. The van der Waals surface area contributed by atoms with Crippen molar-refractivity contribution in [1.82, 2.24) is 4.90 Å². The van der Waals surface area contributed by atoms with Crippen LogP contribution in [0.4, 0.5) is 0 Å². The highest BCUT2D eigenvalue weighted by Crippen LogP contribution is 2.22. The van der Waals surface area contributed by atoms with Gasteiger partial charge in [0.05, 0.1) is 11.3 Å². The Kier molecular flexibility index (Phi) is 6.05. The van der Waals surface area contributed by atoms with Gasteiger partial charge < -0.3 is 9.64 Å². The van der Waals surface area contributed by atoms with Crippen LogP contribution < -0.4 is 9.88 Å². The number of aryl methyl sites for hydroxylation is 2. The molecule has 0 bridgehead atoms. The number of sulfonamides is 1. The molecule has 1 fully saturated rings. The smallest absolute Gasteiger partial charge is 0.238 e. The van der Waals surface area contributed by atoms with Gasteiger partial charge in [0, 0.05) is 25.9 Å². The Labute approximate surface area is 166 Å². The van der Waals surface area contributed by atoms with Gasteiger partial charge in [-0.15, -0.1) is 0 Å². The van der Waals surface area contributed by atoms with Gasteiger partial charge in [0.15, 0.2) is 0 Å². The summed E-state index contributed by atoms with van der Waals surface area (Å²) >= 11 is 0. The summed E-state index contributed by atoms with van der Waals surface area (Å²) in [6.07, 6.45) is 1.94. The molecule has 0 unspecified atom stereocenters. The van der Waals surface area contributed by atoms with E-state index in [4.69, 9.17) is 9.88 Å². The summed E-state index contributed by atoms with van der Waals surface area (Å²) in [6.45, 7) is 5.46. The van der Waals surface area contributed by atoms with Crippen molar-refractivity contribution >= 4 is 15.9 Å². The monoisotopic (exact) mass is 402 g/mol. The second-order valence-corrected chi connectivity index (χ2v) is 8.87. The first-order chi connectivity index (χ1) is 13.2. The first-order valence-corrected chi connectivity index (χ1v) is 10.9. The Morgan fingerprint density at radius 3 is 2.29 bits per heavy atom. The fourth-order valence-corrected chi connectivity index (χ4v) is 3.80. The van der Waals surface area contributed by atoms with E-state index in [9.17, 15) is 13.2 Å². The van der Waals surface area contributed by atoms with Crippen molar-refractivity contribution in [2.75, 3.05) is 13.1 Å². The maximum Gasteiger partial charge on any atom is 0.238 e. The van der Waals surface area contributed by atoms with Gasteiger partial charge in [-0.05, 0) is 54.8 Å². The minimum atomic E-state index is -3.71. The number of benzene rings is 2. The minimum absolute atomic E-state index is 0.0352. The molecular formula is C21H26N2O4S. The van der Waals surface area contributed by atoms with E-state index in [-0.39, 0.29) is 23.3 Å². The minimum Gasteiger partial charge on any atom is -0.490 e. The number of hydrogen-bond acceptors (Lipinski definition) is 4. The van der Waals surface area contributed by atoms with Crippen LogP contribution in [-0.2, 0) is 21.2 Å². The number of carbonyl (C=O) groups is 1. The Bertz CT molecular complexity index is 947. The van der Waals surface area contributed by atoms with Crippen molar-refractivity contribution in [1.29, 1.82) is 0 Å². The molecule has 1 amide bonds. The molecule has 6 nitrogen and oxygen atoms in total. The maximum absolute atomic E-state index is 12.5. The molecule has 0 spiro atoms. The molecule has 150 valence electrons. The number of rotatable bonds is 5. The van der Waals surface area contributed by atoms with Gasteiger partial charge in [-0.2, -0.15) is 0 Å². The standard InChI is InChI=1S/C21H26N2O4S/c1-15-3-6-19(13-16(15)2)27-18-9-11-23(12-10-18)21(24)14-17-4-7-20(8-5-17)28(22,25)26/h3-8,13,18H,9-12,14H2,1-2H3,(H2,22,25,26). The number of ether oxygens (including phenoxy) is 1. The summed E-state index contributed by atoms with van der Waals surface area (Å²) in [5.74, 6) is 0.913. The fourth-order valence-electron chi connectivity index (χ4n) is 3.29. The molecule has 1 heterocycles. The van der Waals surface area contributed by atoms with E-state index in [2.05, 4.69) is 26.0 Å². The Morgan fingerprint density at radius 2 is 1.71 bits per heavy atom. The van der Waals surface area contributed by atoms with E-state index in [0.29, 0.717) is 13.1 Å². The number of likely N-dealkylation sites (tertiary alicyclic amines) is 1. The lowest BCUT2D eigenvalue weighted by atomic mass is 10.1. The summed E-state index contributed by atoms with van der Waals surface area (Å²) < 4.78 is 28.7.